The first kappa shape index (κ1) is 34.3. The van der Waals surface area contributed by atoms with Crippen LogP contribution in [0.15, 0.2) is 24.3 Å². The van der Waals surface area contributed by atoms with Gasteiger partial charge in [0.1, 0.15) is 18.0 Å². The molecule has 0 amide bonds. The number of aliphatic hydroxyl groups excluding tert-OH is 6. The fourth-order valence-corrected chi connectivity index (χ4v) is 3.71. The van der Waals surface area contributed by atoms with Crippen LogP contribution in [-0.2, 0) is 9.47 Å². The molecule has 0 heterocycles. The Morgan fingerprint density at radius 3 is 1.74 bits per heavy atom. The number of Topliss-reactive ketones (excluding diaryl/α,β-unsaturated/α-hetero) is 1. The first-order valence-corrected chi connectivity index (χ1v) is 12.9. The molecule has 2 unspecified atom stereocenters. The number of benzene rings is 1. The third kappa shape index (κ3) is 13.9. The second-order valence-corrected chi connectivity index (χ2v) is 9.40. The Bertz CT molecular complexity index is 738. The van der Waals surface area contributed by atoms with E-state index in [4.69, 9.17) is 34.6 Å². The first-order valence-electron chi connectivity index (χ1n) is 12.9. The van der Waals surface area contributed by atoms with Gasteiger partial charge in [-0.15, -0.1) is 0 Å². The minimum Gasteiger partial charge on any atom is -0.491 e. The second-order valence-electron chi connectivity index (χ2n) is 9.40. The minimum atomic E-state index is -1.18. The van der Waals surface area contributed by atoms with Crippen LogP contribution in [0.1, 0.15) is 24.2 Å². The lowest BCUT2D eigenvalue weighted by Crippen LogP contribution is -2.42. The highest BCUT2D eigenvalue weighted by atomic mass is 16.5. The third-order valence-electron chi connectivity index (χ3n) is 5.71. The van der Waals surface area contributed by atoms with Crippen molar-refractivity contribution < 1.29 is 49.6 Å². The zero-order chi connectivity index (χ0) is 28.4. The molecule has 12 nitrogen and oxygen atoms in total. The number of ether oxygens (including phenoxy) is 3. The number of nitrogens with zero attached hydrogens (tertiary/aromatic N) is 2. The lowest BCUT2D eigenvalue weighted by atomic mass is 9.96. The SMILES string of the molecule is CC(C)(OCC(O)CN(CCO)CCO)C(=O)c1ccc(OCCOCC(O)CN(CCO)CCO)cc1. The van der Waals surface area contributed by atoms with Gasteiger partial charge in [0.05, 0.1) is 58.5 Å². The zero-order valence-corrected chi connectivity index (χ0v) is 22.6. The van der Waals surface area contributed by atoms with E-state index in [9.17, 15) is 15.0 Å². The van der Waals surface area contributed by atoms with Crippen LogP contribution in [0.3, 0.4) is 0 Å². The number of aliphatic hydroxyl groups is 6. The Balaban J connectivity index is 2.42. The van der Waals surface area contributed by atoms with E-state index in [0.717, 1.165) is 0 Å². The number of hydrogen-bond donors (Lipinski definition) is 6. The molecule has 38 heavy (non-hydrogen) atoms. The van der Waals surface area contributed by atoms with Gasteiger partial charge in [-0.25, -0.2) is 0 Å². The lowest BCUT2D eigenvalue weighted by molar-refractivity contribution is -0.0506. The highest BCUT2D eigenvalue weighted by Gasteiger charge is 2.30. The number of carbonyl (C=O) groups is 1. The highest BCUT2D eigenvalue weighted by molar-refractivity contribution is 6.02. The Kier molecular flexibility index (Phi) is 17.5. The van der Waals surface area contributed by atoms with E-state index < -0.39 is 17.8 Å². The largest absolute Gasteiger partial charge is 0.491 e. The van der Waals surface area contributed by atoms with Crippen molar-refractivity contribution in [2.75, 3.05) is 92.1 Å². The predicted octanol–water partition coefficient (Wildman–Crippen LogP) is -1.65. The van der Waals surface area contributed by atoms with E-state index in [1.165, 1.54) is 0 Å². The summed E-state index contributed by atoms with van der Waals surface area (Å²) in [5.41, 5.74) is -0.755. The van der Waals surface area contributed by atoms with Crippen molar-refractivity contribution in [1.82, 2.24) is 9.80 Å². The van der Waals surface area contributed by atoms with Crippen LogP contribution >= 0.6 is 0 Å². The highest BCUT2D eigenvalue weighted by Crippen LogP contribution is 2.20. The van der Waals surface area contributed by atoms with Crippen LogP contribution in [0, 0.1) is 0 Å². The lowest BCUT2D eigenvalue weighted by Gasteiger charge is -2.28. The van der Waals surface area contributed by atoms with E-state index in [1.807, 2.05) is 0 Å². The molecule has 0 bridgehead atoms. The van der Waals surface area contributed by atoms with Crippen molar-refractivity contribution in [1.29, 1.82) is 0 Å². The number of carbonyl (C=O) groups excluding carboxylic acids is 1. The van der Waals surface area contributed by atoms with Gasteiger partial charge in [0.25, 0.3) is 0 Å². The summed E-state index contributed by atoms with van der Waals surface area (Å²) in [5.74, 6) is 0.289. The molecule has 0 saturated heterocycles. The molecule has 0 fully saturated rings. The van der Waals surface area contributed by atoms with Gasteiger partial charge in [0.15, 0.2) is 5.78 Å². The van der Waals surface area contributed by atoms with Gasteiger partial charge in [-0.1, -0.05) is 0 Å². The summed E-state index contributed by atoms with van der Waals surface area (Å²) in [4.78, 5) is 16.4. The zero-order valence-electron chi connectivity index (χ0n) is 22.6. The van der Waals surface area contributed by atoms with Gasteiger partial charge in [-0.3, -0.25) is 14.6 Å². The monoisotopic (exact) mass is 546 g/mol. The van der Waals surface area contributed by atoms with Gasteiger partial charge < -0.3 is 44.8 Å². The van der Waals surface area contributed by atoms with Crippen LogP contribution in [0.5, 0.6) is 5.75 Å². The normalized spacial score (nSPS) is 13.7. The molecule has 0 aromatic heterocycles. The van der Waals surface area contributed by atoms with Crippen molar-refractivity contribution in [3.63, 3.8) is 0 Å². The van der Waals surface area contributed by atoms with E-state index >= 15 is 0 Å². The number of ketones is 1. The molecule has 2 atom stereocenters. The summed E-state index contributed by atoms with van der Waals surface area (Å²) < 4.78 is 16.8. The Morgan fingerprint density at radius 1 is 0.789 bits per heavy atom. The molecule has 0 aliphatic carbocycles. The van der Waals surface area contributed by atoms with Gasteiger partial charge in [0.2, 0.25) is 0 Å². The Morgan fingerprint density at radius 2 is 1.26 bits per heavy atom. The maximum absolute atomic E-state index is 12.9. The van der Waals surface area contributed by atoms with Crippen molar-refractivity contribution in [2.45, 2.75) is 31.7 Å². The molecule has 0 spiro atoms. The van der Waals surface area contributed by atoms with Crippen LogP contribution in [0.4, 0.5) is 0 Å². The van der Waals surface area contributed by atoms with Crippen LogP contribution in [0.2, 0.25) is 0 Å². The van der Waals surface area contributed by atoms with Gasteiger partial charge in [-0.05, 0) is 38.1 Å². The van der Waals surface area contributed by atoms with Crippen LogP contribution in [-0.4, -0.2) is 156 Å². The van der Waals surface area contributed by atoms with E-state index in [1.54, 1.807) is 47.9 Å². The first-order chi connectivity index (χ1) is 18.2. The molecule has 6 N–H and O–H groups in total. The molecular formula is C26H46N2O10. The minimum absolute atomic E-state index is 0.0590. The number of hydrogen-bond acceptors (Lipinski definition) is 12. The fraction of sp³-hybridized carbons (Fsp3) is 0.731. The van der Waals surface area contributed by atoms with Crippen molar-refractivity contribution >= 4 is 5.78 Å². The van der Waals surface area contributed by atoms with Crippen molar-refractivity contribution in [2.24, 2.45) is 0 Å². The Hall–Kier alpha value is -1.71. The summed E-state index contributed by atoms with van der Waals surface area (Å²) in [6, 6.07) is 6.59. The molecule has 0 aliphatic rings. The number of rotatable bonds is 23. The van der Waals surface area contributed by atoms with Crippen molar-refractivity contribution in [3.05, 3.63) is 29.8 Å². The molecule has 0 saturated carbocycles. The van der Waals surface area contributed by atoms with Gasteiger partial charge in [-0.2, -0.15) is 0 Å². The quantitative estimate of drug-likeness (QED) is 0.0684. The van der Waals surface area contributed by atoms with Crippen LogP contribution in [0.25, 0.3) is 0 Å². The second kappa shape index (κ2) is 19.4. The van der Waals surface area contributed by atoms with Gasteiger partial charge in [0, 0.05) is 44.8 Å². The summed E-state index contributed by atoms with van der Waals surface area (Å²) >= 11 is 0. The van der Waals surface area contributed by atoms with E-state index in [-0.39, 0.29) is 71.7 Å². The molecule has 0 radical (unpaired) electrons. The molecule has 220 valence electrons. The molecule has 1 aromatic rings. The maximum atomic E-state index is 12.9. The third-order valence-corrected chi connectivity index (χ3v) is 5.71. The van der Waals surface area contributed by atoms with Crippen LogP contribution < -0.4 is 4.74 Å². The summed E-state index contributed by atoms with van der Waals surface area (Å²) in [7, 11) is 0. The maximum Gasteiger partial charge on any atom is 0.194 e. The van der Waals surface area contributed by atoms with E-state index in [2.05, 4.69) is 0 Å². The predicted molar refractivity (Wildman–Crippen MR) is 140 cm³/mol. The van der Waals surface area contributed by atoms with E-state index in [0.29, 0.717) is 37.5 Å². The standard InChI is InChI=1S/C26H46N2O10/c1-26(2,38-20-23(34)18-28(9-13-31)10-14-32)25(35)21-3-5-24(6-4-21)37-16-15-36-19-22(33)17-27(7-11-29)8-12-30/h3-6,22-23,29-34H,7-20H2,1-2H3. The molecular weight excluding hydrogens is 500 g/mol. The fourth-order valence-electron chi connectivity index (χ4n) is 3.71. The Labute approximate surface area is 225 Å². The molecule has 1 aromatic carbocycles. The summed E-state index contributed by atoms with van der Waals surface area (Å²) in [6.45, 7) is 5.29. The van der Waals surface area contributed by atoms with Gasteiger partial charge >= 0.3 is 0 Å². The topological polar surface area (TPSA) is 173 Å². The average Bonchev–Trinajstić information content (AvgIpc) is 2.88. The molecule has 0 aliphatic heterocycles. The summed E-state index contributed by atoms with van der Waals surface area (Å²) in [6.07, 6.45) is -1.65. The smallest absolute Gasteiger partial charge is 0.194 e. The summed E-state index contributed by atoms with van der Waals surface area (Å²) in [5, 5.41) is 56.5. The average molecular weight is 547 g/mol. The molecule has 1 rings (SSSR count). The van der Waals surface area contributed by atoms with Crippen molar-refractivity contribution in [3.8, 4) is 5.75 Å². The molecule has 12 heteroatoms.